The van der Waals surface area contributed by atoms with Gasteiger partial charge in [-0.1, -0.05) is 36.4 Å². The van der Waals surface area contributed by atoms with E-state index >= 15 is 0 Å². The van der Waals surface area contributed by atoms with Gasteiger partial charge in [0, 0.05) is 12.1 Å². The number of benzene rings is 2. The van der Waals surface area contributed by atoms with Crippen molar-refractivity contribution in [2.24, 2.45) is 0 Å². The molecule has 0 aromatic heterocycles. The molecule has 3 rings (SSSR count). The highest BCUT2D eigenvalue weighted by Crippen LogP contribution is 2.31. The summed E-state index contributed by atoms with van der Waals surface area (Å²) in [6, 6.07) is 19.5. The molecule has 1 aliphatic carbocycles. The molecule has 0 bridgehead atoms. The van der Waals surface area contributed by atoms with Crippen LogP contribution in [-0.2, 0) is 6.42 Å². The Kier molecular flexibility index (Phi) is 4.03. The molecule has 21 heavy (non-hydrogen) atoms. The van der Waals surface area contributed by atoms with Crippen molar-refractivity contribution in [2.45, 2.75) is 38.3 Å². The number of aryl methyl sites for hydroxylation is 1. The summed E-state index contributed by atoms with van der Waals surface area (Å²) in [5.41, 5.74) is 4.88. The quantitative estimate of drug-likeness (QED) is 0.908. The summed E-state index contributed by atoms with van der Waals surface area (Å²) in [5, 5.41) is 12.6. The molecule has 0 amide bonds. The molecule has 0 saturated heterocycles. The molecule has 2 unspecified atom stereocenters. The van der Waals surface area contributed by atoms with Crippen molar-refractivity contribution in [3.8, 4) is 6.07 Å². The molecular weight excluding hydrogens is 256 g/mol. The Morgan fingerprint density at radius 2 is 1.90 bits per heavy atom. The molecule has 2 nitrogen and oxygen atoms in total. The SMILES string of the molecule is CC(NC1CCCc2ccccc21)c1ccc(C#N)cc1. The van der Waals surface area contributed by atoms with Crippen LogP contribution in [0.25, 0.3) is 0 Å². The number of nitrogens with one attached hydrogen (secondary N) is 1. The second kappa shape index (κ2) is 6.11. The molecular formula is C19H20N2. The van der Waals surface area contributed by atoms with Gasteiger partial charge in [0.05, 0.1) is 11.6 Å². The molecule has 2 aromatic rings. The van der Waals surface area contributed by atoms with Crippen LogP contribution in [-0.4, -0.2) is 0 Å². The first-order chi connectivity index (χ1) is 10.3. The van der Waals surface area contributed by atoms with E-state index < -0.39 is 0 Å². The molecule has 0 saturated carbocycles. The van der Waals surface area contributed by atoms with E-state index in [9.17, 15) is 0 Å². The van der Waals surface area contributed by atoms with Gasteiger partial charge in [-0.15, -0.1) is 0 Å². The molecule has 0 spiro atoms. The average molecular weight is 276 g/mol. The molecule has 2 atom stereocenters. The second-order valence-corrected chi connectivity index (χ2v) is 5.77. The Labute approximate surface area is 126 Å². The fourth-order valence-corrected chi connectivity index (χ4v) is 3.17. The molecule has 2 aromatic carbocycles. The van der Waals surface area contributed by atoms with Crippen molar-refractivity contribution in [1.29, 1.82) is 5.26 Å². The number of nitriles is 1. The molecule has 0 fully saturated rings. The van der Waals surface area contributed by atoms with Crippen molar-refractivity contribution < 1.29 is 0 Å². The van der Waals surface area contributed by atoms with Crippen molar-refractivity contribution in [2.75, 3.05) is 0 Å². The van der Waals surface area contributed by atoms with Crippen LogP contribution in [0, 0.1) is 11.3 Å². The summed E-state index contributed by atoms with van der Waals surface area (Å²) in [5.74, 6) is 0. The zero-order valence-corrected chi connectivity index (χ0v) is 12.3. The minimum absolute atomic E-state index is 0.286. The number of nitrogens with zero attached hydrogens (tertiary/aromatic N) is 1. The summed E-state index contributed by atoms with van der Waals surface area (Å²) in [4.78, 5) is 0. The standard InChI is InChI=1S/C19H20N2/c1-14(16-11-9-15(13-20)10-12-16)21-19-8-4-6-17-5-2-3-7-18(17)19/h2-3,5,7,9-12,14,19,21H,4,6,8H2,1H3. The monoisotopic (exact) mass is 276 g/mol. The lowest BCUT2D eigenvalue weighted by atomic mass is 9.87. The van der Waals surface area contributed by atoms with Crippen molar-refractivity contribution in [1.82, 2.24) is 5.32 Å². The van der Waals surface area contributed by atoms with Gasteiger partial charge in [0.1, 0.15) is 0 Å². The summed E-state index contributed by atoms with van der Waals surface area (Å²) in [6.07, 6.45) is 3.63. The van der Waals surface area contributed by atoms with Crippen LogP contribution < -0.4 is 5.32 Å². The first-order valence-corrected chi connectivity index (χ1v) is 7.62. The Hall–Kier alpha value is -2.11. The molecule has 1 aliphatic rings. The van der Waals surface area contributed by atoms with E-state index in [0.29, 0.717) is 11.6 Å². The molecule has 0 heterocycles. The van der Waals surface area contributed by atoms with Gasteiger partial charge in [0.15, 0.2) is 0 Å². The van der Waals surface area contributed by atoms with Gasteiger partial charge in [-0.2, -0.15) is 5.26 Å². The van der Waals surface area contributed by atoms with E-state index in [-0.39, 0.29) is 6.04 Å². The number of rotatable bonds is 3. The number of hydrogen-bond donors (Lipinski definition) is 1. The largest absolute Gasteiger partial charge is 0.303 e. The van der Waals surface area contributed by atoms with Gasteiger partial charge in [-0.3, -0.25) is 0 Å². The topological polar surface area (TPSA) is 35.8 Å². The Morgan fingerprint density at radius 1 is 1.14 bits per heavy atom. The van der Waals surface area contributed by atoms with Crippen LogP contribution >= 0.6 is 0 Å². The highest BCUT2D eigenvalue weighted by molar-refractivity contribution is 5.34. The van der Waals surface area contributed by atoms with E-state index in [4.69, 9.17) is 5.26 Å². The number of fused-ring (bicyclic) bond motifs is 1. The van der Waals surface area contributed by atoms with Crippen molar-refractivity contribution >= 4 is 0 Å². The highest BCUT2D eigenvalue weighted by Gasteiger charge is 2.21. The molecule has 0 radical (unpaired) electrons. The maximum Gasteiger partial charge on any atom is 0.0991 e. The Morgan fingerprint density at radius 3 is 2.67 bits per heavy atom. The first-order valence-electron chi connectivity index (χ1n) is 7.62. The first kappa shape index (κ1) is 13.9. The van der Waals surface area contributed by atoms with Crippen LogP contribution in [0.15, 0.2) is 48.5 Å². The molecule has 2 heteroatoms. The normalized spacial score (nSPS) is 18.6. The lowest BCUT2D eigenvalue weighted by Crippen LogP contribution is -2.27. The molecule has 0 aliphatic heterocycles. The van der Waals surface area contributed by atoms with Gasteiger partial charge in [0.2, 0.25) is 0 Å². The Bertz CT molecular complexity index is 652. The summed E-state index contributed by atoms with van der Waals surface area (Å²) in [6.45, 7) is 2.19. The maximum absolute atomic E-state index is 8.87. The van der Waals surface area contributed by atoms with Gasteiger partial charge < -0.3 is 5.32 Å². The maximum atomic E-state index is 8.87. The third kappa shape index (κ3) is 2.99. The van der Waals surface area contributed by atoms with Crippen LogP contribution in [0.4, 0.5) is 0 Å². The van der Waals surface area contributed by atoms with E-state index in [1.165, 1.54) is 36.0 Å². The van der Waals surface area contributed by atoms with E-state index in [1.807, 2.05) is 24.3 Å². The predicted octanol–water partition coefficient (Wildman–Crippen LogP) is 4.29. The zero-order valence-electron chi connectivity index (χ0n) is 12.3. The van der Waals surface area contributed by atoms with Crippen LogP contribution in [0.1, 0.15) is 54.1 Å². The minimum Gasteiger partial charge on any atom is -0.303 e. The van der Waals surface area contributed by atoms with Gasteiger partial charge in [-0.25, -0.2) is 0 Å². The fourth-order valence-electron chi connectivity index (χ4n) is 3.17. The fraction of sp³-hybridized carbons (Fsp3) is 0.316. The minimum atomic E-state index is 0.286. The summed E-state index contributed by atoms with van der Waals surface area (Å²) < 4.78 is 0. The lowest BCUT2D eigenvalue weighted by Gasteiger charge is -2.29. The van der Waals surface area contributed by atoms with Gasteiger partial charge >= 0.3 is 0 Å². The number of hydrogen-bond acceptors (Lipinski definition) is 2. The van der Waals surface area contributed by atoms with Crippen LogP contribution in [0.5, 0.6) is 0 Å². The van der Waals surface area contributed by atoms with Gasteiger partial charge in [-0.05, 0) is 55.0 Å². The third-order valence-electron chi connectivity index (χ3n) is 4.36. The second-order valence-electron chi connectivity index (χ2n) is 5.77. The van der Waals surface area contributed by atoms with Crippen molar-refractivity contribution in [3.63, 3.8) is 0 Å². The van der Waals surface area contributed by atoms with E-state index in [1.54, 1.807) is 0 Å². The third-order valence-corrected chi connectivity index (χ3v) is 4.36. The molecule has 1 N–H and O–H groups in total. The zero-order chi connectivity index (χ0) is 14.7. The average Bonchev–Trinajstić information content (AvgIpc) is 2.55. The van der Waals surface area contributed by atoms with Crippen LogP contribution in [0.2, 0.25) is 0 Å². The van der Waals surface area contributed by atoms with Crippen LogP contribution in [0.3, 0.4) is 0 Å². The van der Waals surface area contributed by atoms with E-state index in [0.717, 1.165) is 0 Å². The molecule has 106 valence electrons. The Balaban J connectivity index is 1.76. The smallest absolute Gasteiger partial charge is 0.0991 e. The summed E-state index contributed by atoms with van der Waals surface area (Å²) >= 11 is 0. The van der Waals surface area contributed by atoms with E-state index in [2.05, 4.69) is 42.6 Å². The van der Waals surface area contributed by atoms with Gasteiger partial charge in [0.25, 0.3) is 0 Å². The lowest BCUT2D eigenvalue weighted by molar-refractivity contribution is 0.415. The predicted molar refractivity (Wildman–Crippen MR) is 84.8 cm³/mol. The highest BCUT2D eigenvalue weighted by atomic mass is 14.9. The summed E-state index contributed by atoms with van der Waals surface area (Å²) in [7, 11) is 0. The van der Waals surface area contributed by atoms with Crippen molar-refractivity contribution in [3.05, 3.63) is 70.8 Å².